The molecule has 1 aliphatic heterocycles. The largest absolute Gasteiger partial charge is 0.381 e. The van der Waals surface area contributed by atoms with Crippen molar-refractivity contribution >= 4 is 12.6 Å². The number of nitrogens with one attached hydrogen (secondary N) is 1. The van der Waals surface area contributed by atoms with Crippen LogP contribution in [0.1, 0.15) is 45.4 Å². The zero-order valence-corrected chi connectivity index (χ0v) is 9.72. The lowest BCUT2D eigenvalue weighted by molar-refractivity contribution is 0.0312. The lowest BCUT2D eigenvalue weighted by Crippen LogP contribution is -2.28. The van der Waals surface area contributed by atoms with Crippen LogP contribution in [0.25, 0.3) is 0 Å². The molecule has 1 N–H and O–H groups in total. The van der Waals surface area contributed by atoms with Crippen molar-refractivity contribution < 1.29 is 4.84 Å². The second-order valence-corrected chi connectivity index (χ2v) is 4.06. The second kappa shape index (κ2) is 7.01. The van der Waals surface area contributed by atoms with E-state index >= 15 is 0 Å². The van der Waals surface area contributed by atoms with Gasteiger partial charge in [-0.2, -0.15) is 0 Å². The third-order valence-corrected chi connectivity index (χ3v) is 2.49. The average molecular weight is 216 g/mol. The van der Waals surface area contributed by atoms with Gasteiger partial charge in [-0.1, -0.05) is 44.6 Å². The molecule has 0 aromatic carbocycles. The Kier molecular flexibility index (Phi) is 5.87. The van der Waals surface area contributed by atoms with Gasteiger partial charge >= 0.3 is 0 Å². The zero-order valence-electron chi connectivity index (χ0n) is 8.83. The Morgan fingerprint density at radius 1 is 1.29 bits per heavy atom. The van der Waals surface area contributed by atoms with Crippen molar-refractivity contribution in [3.05, 3.63) is 11.3 Å². The molecule has 0 saturated heterocycles. The second-order valence-electron chi connectivity index (χ2n) is 3.62. The fourth-order valence-electron chi connectivity index (χ4n) is 1.46. The van der Waals surface area contributed by atoms with Gasteiger partial charge in [0, 0.05) is 6.54 Å². The minimum Gasteiger partial charge on any atom is -0.381 e. The smallest absolute Gasteiger partial charge is 0.197 e. The first-order valence-corrected chi connectivity index (χ1v) is 5.87. The minimum atomic E-state index is 0.635. The highest BCUT2D eigenvalue weighted by Gasteiger charge is 2.08. The van der Waals surface area contributed by atoms with Crippen LogP contribution in [-0.4, -0.2) is 11.6 Å². The summed E-state index contributed by atoms with van der Waals surface area (Å²) < 4.78 is 0. The van der Waals surface area contributed by atoms with Gasteiger partial charge in [-0.05, 0) is 6.42 Å². The van der Waals surface area contributed by atoms with Crippen LogP contribution >= 0.6 is 12.6 Å². The highest BCUT2D eigenvalue weighted by atomic mass is 32.1. The van der Waals surface area contributed by atoms with Crippen LogP contribution in [0.2, 0.25) is 0 Å². The van der Waals surface area contributed by atoms with Gasteiger partial charge in [0.2, 0.25) is 0 Å². The topological polar surface area (TPSA) is 24.5 Å². The number of unbranched alkanes of at least 4 members (excludes halogenated alkanes) is 5. The van der Waals surface area contributed by atoms with Crippen LogP contribution in [0.15, 0.2) is 11.3 Å². The summed E-state index contributed by atoms with van der Waals surface area (Å²) in [4.78, 5) is 4.96. The van der Waals surface area contributed by atoms with Gasteiger partial charge in [0.15, 0.2) is 5.09 Å². The van der Waals surface area contributed by atoms with E-state index in [1.54, 1.807) is 0 Å². The van der Waals surface area contributed by atoms with E-state index in [1.807, 2.05) is 11.2 Å². The van der Waals surface area contributed by atoms with E-state index in [1.165, 1.54) is 38.5 Å². The van der Waals surface area contributed by atoms with Gasteiger partial charge in [0.25, 0.3) is 0 Å². The molecule has 82 valence electrons. The van der Waals surface area contributed by atoms with Gasteiger partial charge in [-0.15, -0.1) is 12.6 Å². The molecule has 0 fully saturated rings. The van der Waals surface area contributed by atoms with Crippen molar-refractivity contribution in [1.82, 2.24) is 10.6 Å². The van der Waals surface area contributed by atoms with Crippen molar-refractivity contribution in [1.29, 1.82) is 0 Å². The fourth-order valence-corrected chi connectivity index (χ4v) is 1.64. The van der Waals surface area contributed by atoms with Crippen LogP contribution < -0.4 is 5.59 Å². The quantitative estimate of drug-likeness (QED) is 0.505. The third-order valence-electron chi connectivity index (χ3n) is 2.29. The van der Waals surface area contributed by atoms with E-state index in [2.05, 4.69) is 25.1 Å². The number of hydrogen-bond acceptors (Lipinski definition) is 4. The summed E-state index contributed by atoms with van der Waals surface area (Å²) in [6.45, 7) is 3.24. The van der Waals surface area contributed by atoms with E-state index in [0.717, 1.165) is 6.54 Å². The Labute approximate surface area is 91.8 Å². The monoisotopic (exact) mass is 216 g/mol. The number of hydrazine groups is 1. The first-order valence-electron chi connectivity index (χ1n) is 5.43. The van der Waals surface area contributed by atoms with E-state index < -0.39 is 0 Å². The van der Waals surface area contributed by atoms with E-state index in [4.69, 9.17) is 4.84 Å². The number of hydrogen-bond donors (Lipinski definition) is 2. The van der Waals surface area contributed by atoms with E-state index in [0.29, 0.717) is 5.09 Å². The molecule has 1 rings (SSSR count). The minimum absolute atomic E-state index is 0.635. The third kappa shape index (κ3) is 4.77. The lowest BCUT2D eigenvalue weighted by Gasteiger charge is -2.12. The molecule has 14 heavy (non-hydrogen) atoms. The fraction of sp³-hybridized carbons (Fsp3) is 0.800. The van der Waals surface area contributed by atoms with Crippen LogP contribution in [-0.2, 0) is 4.84 Å². The molecule has 0 unspecified atom stereocenters. The molecule has 0 aromatic heterocycles. The van der Waals surface area contributed by atoms with E-state index in [-0.39, 0.29) is 0 Å². The maximum Gasteiger partial charge on any atom is 0.197 e. The molecule has 3 nitrogen and oxygen atoms in total. The Bertz CT molecular complexity index is 185. The van der Waals surface area contributed by atoms with Crippen LogP contribution in [0.3, 0.4) is 0 Å². The predicted molar refractivity (Wildman–Crippen MR) is 61.4 cm³/mol. The normalized spacial score (nSPS) is 15.6. The highest BCUT2D eigenvalue weighted by molar-refractivity contribution is 7.84. The molecule has 0 aromatic rings. The summed E-state index contributed by atoms with van der Waals surface area (Å²) in [5, 5.41) is 2.57. The van der Waals surface area contributed by atoms with E-state index in [9.17, 15) is 0 Å². The van der Waals surface area contributed by atoms with Crippen LogP contribution in [0.4, 0.5) is 0 Å². The summed E-state index contributed by atoms with van der Waals surface area (Å²) in [7, 11) is 0. The SMILES string of the molecule is CCCCCCCCN1C=C(S)ON1. The first-order chi connectivity index (χ1) is 6.83. The molecule has 0 atom stereocenters. The summed E-state index contributed by atoms with van der Waals surface area (Å²) in [6, 6.07) is 0. The van der Waals surface area contributed by atoms with Crippen LogP contribution in [0, 0.1) is 0 Å². The standard InChI is InChI=1S/C10H20N2OS/c1-2-3-4-5-6-7-8-12-9-10(14)13-11-12/h9,11,14H,2-8H2,1H3. The Morgan fingerprint density at radius 3 is 2.64 bits per heavy atom. The summed E-state index contributed by atoms with van der Waals surface area (Å²) in [6.07, 6.45) is 9.77. The summed E-state index contributed by atoms with van der Waals surface area (Å²) in [5.74, 6) is 0. The molecule has 0 radical (unpaired) electrons. The molecule has 1 heterocycles. The van der Waals surface area contributed by atoms with Gasteiger partial charge in [0.1, 0.15) is 0 Å². The maximum atomic E-state index is 4.96. The molecule has 0 bridgehead atoms. The number of rotatable bonds is 7. The van der Waals surface area contributed by atoms with Gasteiger partial charge in [0.05, 0.1) is 6.20 Å². The molecule has 0 saturated carbocycles. The van der Waals surface area contributed by atoms with Crippen LogP contribution in [0.5, 0.6) is 0 Å². The zero-order chi connectivity index (χ0) is 10.2. The lowest BCUT2D eigenvalue weighted by atomic mass is 10.1. The summed E-state index contributed by atoms with van der Waals surface area (Å²) in [5.41, 5.74) is 2.77. The molecular weight excluding hydrogens is 196 g/mol. The van der Waals surface area contributed by atoms with Crippen molar-refractivity contribution in [2.75, 3.05) is 6.54 Å². The van der Waals surface area contributed by atoms with Gasteiger partial charge in [-0.25, -0.2) is 0 Å². The Hall–Kier alpha value is -0.350. The van der Waals surface area contributed by atoms with Crippen molar-refractivity contribution in [3.63, 3.8) is 0 Å². The molecule has 1 aliphatic rings. The molecular formula is C10H20N2OS. The van der Waals surface area contributed by atoms with Crippen molar-refractivity contribution in [3.8, 4) is 0 Å². The highest BCUT2D eigenvalue weighted by Crippen LogP contribution is 2.11. The maximum absolute atomic E-state index is 4.96. The first kappa shape index (κ1) is 11.7. The Balaban J connectivity index is 1.89. The van der Waals surface area contributed by atoms with Gasteiger partial charge < -0.3 is 4.84 Å². The van der Waals surface area contributed by atoms with Crippen molar-refractivity contribution in [2.45, 2.75) is 45.4 Å². The molecule has 0 aliphatic carbocycles. The van der Waals surface area contributed by atoms with Gasteiger partial charge in [-0.3, -0.25) is 5.01 Å². The average Bonchev–Trinajstić information content (AvgIpc) is 2.58. The number of nitrogens with zero attached hydrogens (tertiary/aromatic N) is 1. The Morgan fingerprint density at radius 2 is 2.00 bits per heavy atom. The molecule has 0 amide bonds. The van der Waals surface area contributed by atoms with Crippen molar-refractivity contribution in [2.24, 2.45) is 0 Å². The number of thiol groups is 1. The molecule has 0 spiro atoms. The predicted octanol–water partition coefficient (Wildman–Crippen LogP) is 2.83. The molecule has 4 heteroatoms. The summed E-state index contributed by atoms with van der Waals surface area (Å²) >= 11 is 4.08.